The van der Waals surface area contributed by atoms with Crippen molar-refractivity contribution in [2.45, 2.75) is 51.0 Å². The van der Waals surface area contributed by atoms with E-state index in [-0.39, 0.29) is 30.5 Å². The molecular formula is C13H23NO5S. The van der Waals surface area contributed by atoms with Gasteiger partial charge in [0, 0.05) is 31.7 Å². The Bertz CT molecular complexity index is 446. The summed E-state index contributed by atoms with van der Waals surface area (Å²) in [4.78, 5) is 24.5. The van der Waals surface area contributed by atoms with E-state index in [0.717, 1.165) is 25.5 Å². The first-order valence-electron chi connectivity index (χ1n) is 6.98. The Balaban J connectivity index is 2.47. The van der Waals surface area contributed by atoms with E-state index in [0.29, 0.717) is 19.4 Å². The van der Waals surface area contributed by atoms with Gasteiger partial charge in [0.05, 0.1) is 5.75 Å². The molecule has 0 aromatic rings. The number of rotatable bonds is 7. The third-order valence-corrected chi connectivity index (χ3v) is 4.57. The van der Waals surface area contributed by atoms with E-state index in [1.165, 1.54) is 0 Å². The molecule has 20 heavy (non-hydrogen) atoms. The number of likely N-dealkylation sites (tertiary alicyclic amines) is 1. The van der Waals surface area contributed by atoms with Gasteiger partial charge in [0.2, 0.25) is 5.91 Å². The van der Waals surface area contributed by atoms with Crippen molar-refractivity contribution >= 4 is 21.7 Å². The lowest BCUT2D eigenvalue weighted by molar-refractivity contribution is -0.140. The van der Waals surface area contributed by atoms with Crippen LogP contribution in [-0.4, -0.2) is 54.9 Å². The number of carbonyl (C=O) groups is 2. The topological polar surface area (TPSA) is 91.8 Å². The number of aliphatic carboxylic acids is 1. The predicted octanol–water partition coefficient (Wildman–Crippen LogP) is 1.06. The smallest absolute Gasteiger partial charge is 0.303 e. The Morgan fingerprint density at radius 1 is 1.25 bits per heavy atom. The molecule has 116 valence electrons. The van der Waals surface area contributed by atoms with Crippen molar-refractivity contribution in [1.82, 2.24) is 4.90 Å². The lowest BCUT2D eigenvalue weighted by Crippen LogP contribution is -2.44. The van der Waals surface area contributed by atoms with Crippen molar-refractivity contribution in [2.24, 2.45) is 0 Å². The summed E-state index contributed by atoms with van der Waals surface area (Å²) in [5.41, 5.74) is 0. The predicted molar refractivity (Wildman–Crippen MR) is 75.2 cm³/mol. The van der Waals surface area contributed by atoms with Crippen molar-refractivity contribution in [2.75, 3.05) is 18.6 Å². The molecule has 6 nitrogen and oxygen atoms in total. The summed E-state index contributed by atoms with van der Waals surface area (Å²) >= 11 is 0. The van der Waals surface area contributed by atoms with Gasteiger partial charge in [-0.25, -0.2) is 8.42 Å². The third-order valence-electron chi connectivity index (χ3n) is 3.54. The summed E-state index contributed by atoms with van der Waals surface area (Å²) in [6.45, 7) is 0.655. The van der Waals surface area contributed by atoms with Crippen LogP contribution < -0.4 is 0 Å². The molecule has 1 unspecified atom stereocenters. The van der Waals surface area contributed by atoms with E-state index < -0.39 is 15.8 Å². The van der Waals surface area contributed by atoms with Crippen LogP contribution in [0.1, 0.15) is 44.9 Å². The number of sulfone groups is 1. The number of nitrogens with zero attached hydrogens (tertiary/aromatic N) is 1. The molecule has 0 aromatic heterocycles. The van der Waals surface area contributed by atoms with Crippen molar-refractivity contribution in [1.29, 1.82) is 0 Å². The van der Waals surface area contributed by atoms with Gasteiger partial charge in [-0.05, 0) is 32.1 Å². The van der Waals surface area contributed by atoms with Gasteiger partial charge in [-0.3, -0.25) is 9.59 Å². The number of piperidine rings is 1. The fourth-order valence-electron chi connectivity index (χ4n) is 2.55. The monoisotopic (exact) mass is 305 g/mol. The molecule has 1 amide bonds. The molecule has 1 heterocycles. The van der Waals surface area contributed by atoms with E-state index >= 15 is 0 Å². The highest BCUT2D eigenvalue weighted by Crippen LogP contribution is 2.22. The summed E-state index contributed by atoms with van der Waals surface area (Å²) in [6.07, 6.45) is 5.04. The summed E-state index contributed by atoms with van der Waals surface area (Å²) in [5, 5.41) is 8.73. The molecule has 1 aliphatic heterocycles. The second-order valence-corrected chi connectivity index (χ2v) is 7.66. The second-order valence-electron chi connectivity index (χ2n) is 5.40. The molecule has 1 fully saturated rings. The van der Waals surface area contributed by atoms with Crippen LogP contribution in [0.15, 0.2) is 0 Å². The third kappa shape index (κ3) is 6.36. The van der Waals surface area contributed by atoms with E-state index in [4.69, 9.17) is 5.11 Å². The molecule has 0 aliphatic carbocycles. The first-order chi connectivity index (χ1) is 9.29. The fourth-order valence-corrected chi connectivity index (χ4v) is 3.22. The van der Waals surface area contributed by atoms with Crippen LogP contribution >= 0.6 is 0 Å². The van der Waals surface area contributed by atoms with Gasteiger partial charge in [-0.1, -0.05) is 0 Å². The Kier molecular flexibility index (Phi) is 6.45. The molecule has 7 heteroatoms. The van der Waals surface area contributed by atoms with Crippen LogP contribution in [-0.2, 0) is 19.4 Å². The standard InChI is InChI=1S/C13H23NO5S/c1-20(18,19)10-4-6-12(15)14-9-3-2-5-11(14)7-8-13(16)17/h11H,2-10H2,1H3,(H,16,17). The highest BCUT2D eigenvalue weighted by molar-refractivity contribution is 7.90. The number of hydrogen-bond acceptors (Lipinski definition) is 4. The van der Waals surface area contributed by atoms with Crippen LogP contribution in [0.25, 0.3) is 0 Å². The van der Waals surface area contributed by atoms with Gasteiger partial charge in [0.15, 0.2) is 0 Å². The Morgan fingerprint density at radius 2 is 1.95 bits per heavy atom. The van der Waals surface area contributed by atoms with Gasteiger partial charge >= 0.3 is 5.97 Å². The van der Waals surface area contributed by atoms with Crippen LogP contribution in [0.5, 0.6) is 0 Å². The molecule has 1 saturated heterocycles. The average molecular weight is 305 g/mol. The highest BCUT2D eigenvalue weighted by atomic mass is 32.2. The molecule has 0 bridgehead atoms. The van der Waals surface area contributed by atoms with E-state index in [9.17, 15) is 18.0 Å². The van der Waals surface area contributed by atoms with Gasteiger partial charge in [0.1, 0.15) is 9.84 Å². The number of carboxylic acid groups (broad SMARTS) is 1. The van der Waals surface area contributed by atoms with Gasteiger partial charge in [0.25, 0.3) is 0 Å². The van der Waals surface area contributed by atoms with Gasteiger partial charge in [-0.2, -0.15) is 0 Å². The van der Waals surface area contributed by atoms with Crippen molar-refractivity contribution in [3.63, 3.8) is 0 Å². The maximum absolute atomic E-state index is 12.1. The summed E-state index contributed by atoms with van der Waals surface area (Å²) in [7, 11) is -3.03. The molecule has 0 radical (unpaired) electrons. The van der Waals surface area contributed by atoms with E-state index in [2.05, 4.69) is 0 Å². The van der Waals surface area contributed by atoms with Gasteiger partial charge in [-0.15, -0.1) is 0 Å². The van der Waals surface area contributed by atoms with Crippen molar-refractivity contribution in [3.05, 3.63) is 0 Å². The quantitative estimate of drug-likeness (QED) is 0.759. The minimum atomic E-state index is -3.03. The molecule has 1 aliphatic rings. The van der Waals surface area contributed by atoms with Gasteiger partial charge < -0.3 is 10.0 Å². The number of carboxylic acids is 1. The molecular weight excluding hydrogens is 282 g/mol. The van der Waals surface area contributed by atoms with Crippen LogP contribution in [0.2, 0.25) is 0 Å². The Hall–Kier alpha value is -1.11. The molecule has 1 atom stereocenters. The Morgan fingerprint density at radius 3 is 2.55 bits per heavy atom. The first-order valence-corrected chi connectivity index (χ1v) is 9.04. The van der Waals surface area contributed by atoms with Crippen molar-refractivity contribution in [3.8, 4) is 0 Å². The second kappa shape index (κ2) is 7.61. The Labute approximate surface area is 120 Å². The lowest BCUT2D eigenvalue weighted by Gasteiger charge is -2.35. The molecule has 0 aromatic carbocycles. The maximum Gasteiger partial charge on any atom is 0.303 e. The zero-order chi connectivity index (χ0) is 15.2. The maximum atomic E-state index is 12.1. The minimum absolute atomic E-state index is 0.00872. The van der Waals surface area contributed by atoms with Crippen LogP contribution in [0, 0.1) is 0 Å². The number of hydrogen-bond donors (Lipinski definition) is 1. The van der Waals surface area contributed by atoms with Crippen LogP contribution in [0.4, 0.5) is 0 Å². The summed E-state index contributed by atoms with van der Waals surface area (Å²) < 4.78 is 22.1. The zero-order valence-electron chi connectivity index (χ0n) is 11.9. The highest BCUT2D eigenvalue weighted by Gasteiger charge is 2.26. The summed E-state index contributed by atoms with van der Waals surface area (Å²) in [5.74, 6) is -0.879. The first kappa shape index (κ1) is 16.9. The normalized spacial score (nSPS) is 19.9. The largest absolute Gasteiger partial charge is 0.481 e. The van der Waals surface area contributed by atoms with Crippen molar-refractivity contribution < 1.29 is 23.1 Å². The summed E-state index contributed by atoms with van der Waals surface area (Å²) in [6, 6.07) is -0.00872. The zero-order valence-corrected chi connectivity index (χ0v) is 12.7. The number of amides is 1. The molecule has 0 spiro atoms. The molecule has 1 N–H and O–H groups in total. The fraction of sp³-hybridized carbons (Fsp3) is 0.846. The van der Waals surface area contributed by atoms with Crippen LogP contribution in [0.3, 0.4) is 0 Å². The molecule has 0 saturated carbocycles. The lowest BCUT2D eigenvalue weighted by atomic mass is 9.97. The average Bonchev–Trinajstić information content (AvgIpc) is 2.35. The SMILES string of the molecule is CS(=O)(=O)CCCC(=O)N1CCCCC1CCC(=O)O. The van der Waals surface area contributed by atoms with E-state index in [1.54, 1.807) is 4.90 Å². The minimum Gasteiger partial charge on any atom is -0.481 e. The number of carbonyl (C=O) groups excluding carboxylic acids is 1. The van der Waals surface area contributed by atoms with E-state index in [1.807, 2.05) is 0 Å². The molecule has 1 rings (SSSR count).